The van der Waals surface area contributed by atoms with Gasteiger partial charge in [-0.2, -0.15) is 0 Å². The molecular weight excluding hydrogens is 309 g/mol. The normalized spacial score (nSPS) is 15.9. The lowest BCUT2D eigenvalue weighted by atomic mass is 10.1. The minimum absolute atomic E-state index is 0.133. The zero-order valence-electron chi connectivity index (χ0n) is 13.5. The summed E-state index contributed by atoms with van der Waals surface area (Å²) < 4.78 is 24.6. The number of benzene rings is 2. The third-order valence-corrected chi connectivity index (χ3v) is 3.79. The molecule has 0 fully saturated rings. The van der Waals surface area contributed by atoms with Crippen molar-refractivity contribution in [2.24, 2.45) is 0 Å². The van der Waals surface area contributed by atoms with Crippen LogP contribution >= 0.6 is 0 Å². The molecule has 0 saturated heterocycles. The highest BCUT2D eigenvalue weighted by Crippen LogP contribution is 2.35. The first-order valence-electron chi connectivity index (χ1n) is 7.68. The largest absolute Gasteiger partial charge is 0.496 e. The van der Waals surface area contributed by atoms with Gasteiger partial charge >= 0.3 is 0 Å². The van der Waals surface area contributed by atoms with Crippen molar-refractivity contribution in [1.29, 1.82) is 0 Å². The maximum Gasteiger partial charge on any atom is 0.248 e. The van der Waals surface area contributed by atoms with Crippen LogP contribution in [0.25, 0.3) is 6.08 Å². The standard InChI is InChI=1S/C19H18FNO3/c1-12-9-14-11-17(23-2)13(10-18(14)24-12)7-8-19(22)21-16-6-4-3-5-15(16)20/h3-8,10-12H,9H2,1-2H3,(H,21,22)/b8-7+/t12-/m1/s1. The molecule has 0 bridgehead atoms. The van der Waals surface area contributed by atoms with E-state index in [-0.39, 0.29) is 11.8 Å². The Hall–Kier alpha value is -2.82. The molecule has 0 saturated carbocycles. The quantitative estimate of drug-likeness (QED) is 0.869. The predicted octanol–water partition coefficient (Wildman–Crippen LogP) is 3.81. The predicted molar refractivity (Wildman–Crippen MR) is 90.9 cm³/mol. The monoisotopic (exact) mass is 327 g/mol. The third-order valence-electron chi connectivity index (χ3n) is 3.79. The Balaban J connectivity index is 1.78. The Bertz CT molecular complexity index is 801. The Labute approximate surface area is 139 Å². The number of hydrogen-bond donors (Lipinski definition) is 1. The summed E-state index contributed by atoms with van der Waals surface area (Å²) in [4.78, 5) is 12.0. The molecule has 0 radical (unpaired) electrons. The SMILES string of the molecule is COc1cc2c(cc1/C=C/C(=O)Nc1ccccc1F)O[C@H](C)C2. The van der Waals surface area contributed by atoms with Crippen molar-refractivity contribution >= 4 is 17.7 Å². The molecule has 124 valence electrons. The Morgan fingerprint density at radius 1 is 1.38 bits per heavy atom. The molecule has 24 heavy (non-hydrogen) atoms. The number of nitrogens with one attached hydrogen (secondary N) is 1. The number of carbonyl (C=O) groups excluding carboxylic acids is 1. The highest BCUT2D eigenvalue weighted by Gasteiger charge is 2.21. The van der Waals surface area contributed by atoms with E-state index in [9.17, 15) is 9.18 Å². The number of para-hydroxylation sites is 1. The van der Waals surface area contributed by atoms with Crippen LogP contribution in [0.4, 0.5) is 10.1 Å². The van der Waals surface area contributed by atoms with Crippen molar-refractivity contribution in [3.05, 3.63) is 59.4 Å². The van der Waals surface area contributed by atoms with Crippen LogP contribution in [0, 0.1) is 5.82 Å². The smallest absolute Gasteiger partial charge is 0.248 e. The Morgan fingerprint density at radius 3 is 2.92 bits per heavy atom. The molecule has 0 aliphatic carbocycles. The number of carbonyl (C=O) groups is 1. The number of halogens is 1. The van der Waals surface area contributed by atoms with Gasteiger partial charge in [-0.1, -0.05) is 12.1 Å². The molecule has 1 aliphatic rings. The van der Waals surface area contributed by atoms with Gasteiger partial charge < -0.3 is 14.8 Å². The minimum Gasteiger partial charge on any atom is -0.496 e. The van der Waals surface area contributed by atoms with Crippen molar-refractivity contribution in [2.75, 3.05) is 12.4 Å². The molecule has 1 amide bonds. The summed E-state index contributed by atoms with van der Waals surface area (Å²) in [6, 6.07) is 9.80. The van der Waals surface area contributed by atoms with E-state index in [0.29, 0.717) is 5.75 Å². The van der Waals surface area contributed by atoms with Gasteiger partial charge in [0.15, 0.2) is 0 Å². The minimum atomic E-state index is -0.475. The van der Waals surface area contributed by atoms with Gasteiger partial charge in [-0.25, -0.2) is 4.39 Å². The molecule has 5 heteroatoms. The second-order valence-electron chi connectivity index (χ2n) is 5.64. The lowest BCUT2D eigenvalue weighted by molar-refractivity contribution is -0.111. The van der Waals surface area contributed by atoms with E-state index in [1.807, 2.05) is 19.1 Å². The molecule has 1 heterocycles. The summed E-state index contributed by atoms with van der Waals surface area (Å²) in [6.45, 7) is 2.00. The van der Waals surface area contributed by atoms with E-state index in [1.165, 1.54) is 18.2 Å². The first-order valence-corrected chi connectivity index (χ1v) is 7.68. The molecular formula is C19H18FNO3. The summed E-state index contributed by atoms with van der Waals surface area (Å²) in [5.74, 6) is 0.576. The summed E-state index contributed by atoms with van der Waals surface area (Å²) in [6.07, 6.45) is 3.94. The first-order chi connectivity index (χ1) is 11.6. The van der Waals surface area contributed by atoms with E-state index in [1.54, 1.807) is 25.3 Å². The van der Waals surface area contributed by atoms with Crippen LogP contribution in [0.1, 0.15) is 18.1 Å². The first kappa shape index (κ1) is 16.1. The highest BCUT2D eigenvalue weighted by molar-refractivity contribution is 6.02. The average Bonchev–Trinajstić information content (AvgIpc) is 2.93. The van der Waals surface area contributed by atoms with Crippen LogP contribution in [-0.4, -0.2) is 19.1 Å². The van der Waals surface area contributed by atoms with E-state index >= 15 is 0 Å². The number of rotatable bonds is 4. The molecule has 0 unspecified atom stereocenters. The third kappa shape index (κ3) is 3.40. The summed E-state index contributed by atoms with van der Waals surface area (Å²) >= 11 is 0. The fraction of sp³-hybridized carbons (Fsp3) is 0.211. The van der Waals surface area contributed by atoms with Crippen LogP contribution in [0.15, 0.2) is 42.5 Å². The zero-order chi connectivity index (χ0) is 17.1. The second-order valence-corrected chi connectivity index (χ2v) is 5.64. The number of fused-ring (bicyclic) bond motifs is 1. The average molecular weight is 327 g/mol. The zero-order valence-corrected chi connectivity index (χ0v) is 13.5. The van der Waals surface area contributed by atoms with Gasteiger partial charge in [0, 0.05) is 23.6 Å². The van der Waals surface area contributed by atoms with E-state index < -0.39 is 11.7 Å². The summed E-state index contributed by atoms with van der Waals surface area (Å²) in [5.41, 5.74) is 1.96. The van der Waals surface area contributed by atoms with Crippen LogP contribution in [-0.2, 0) is 11.2 Å². The number of methoxy groups -OCH3 is 1. The molecule has 2 aromatic carbocycles. The van der Waals surface area contributed by atoms with Crippen LogP contribution in [0.2, 0.25) is 0 Å². The van der Waals surface area contributed by atoms with Crippen LogP contribution in [0.5, 0.6) is 11.5 Å². The molecule has 0 aromatic heterocycles. The van der Waals surface area contributed by atoms with Gasteiger partial charge in [-0.15, -0.1) is 0 Å². The fourth-order valence-corrected chi connectivity index (χ4v) is 2.66. The van der Waals surface area contributed by atoms with Crippen molar-refractivity contribution in [3.8, 4) is 11.5 Å². The molecule has 1 N–H and O–H groups in total. The number of hydrogen-bond acceptors (Lipinski definition) is 3. The Kier molecular flexibility index (Phi) is 4.51. The summed E-state index contributed by atoms with van der Waals surface area (Å²) in [5, 5.41) is 2.50. The number of amides is 1. The highest BCUT2D eigenvalue weighted by atomic mass is 19.1. The number of ether oxygens (including phenoxy) is 2. The molecule has 1 atom stereocenters. The topological polar surface area (TPSA) is 47.6 Å². The lowest BCUT2D eigenvalue weighted by Crippen LogP contribution is -2.09. The molecule has 4 nitrogen and oxygen atoms in total. The van der Waals surface area contributed by atoms with Gasteiger partial charge in [0.2, 0.25) is 5.91 Å². The van der Waals surface area contributed by atoms with Crippen molar-refractivity contribution in [1.82, 2.24) is 0 Å². The molecule has 2 aromatic rings. The molecule has 0 spiro atoms. The van der Waals surface area contributed by atoms with E-state index in [2.05, 4.69) is 5.32 Å². The van der Waals surface area contributed by atoms with Crippen LogP contribution < -0.4 is 14.8 Å². The number of anilines is 1. The maximum atomic E-state index is 13.5. The molecule has 3 rings (SSSR count). The van der Waals surface area contributed by atoms with E-state index in [0.717, 1.165) is 23.3 Å². The van der Waals surface area contributed by atoms with Gasteiger partial charge in [-0.3, -0.25) is 4.79 Å². The van der Waals surface area contributed by atoms with E-state index in [4.69, 9.17) is 9.47 Å². The van der Waals surface area contributed by atoms with Crippen molar-refractivity contribution in [3.63, 3.8) is 0 Å². The Morgan fingerprint density at radius 2 is 2.17 bits per heavy atom. The van der Waals surface area contributed by atoms with Gasteiger partial charge in [0.1, 0.15) is 23.4 Å². The van der Waals surface area contributed by atoms with Crippen molar-refractivity contribution in [2.45, 2.75) is 19.4 Å². The van der Waals surface area contributed by atoms with Crippen molar-refractivity contribution < 1.29 is 18.7 Å². The van der Waals surface area contributed by atoms with Gasteiger partial charge in [-0.05, 0) is 37.3 Å². The lowest BCUT2D eigenvalue weighted by Gasteiger charge is -2.08. The maximum absolute atomic E-state index is 13.5. The summed E-state index contributed by atoms with van der Waals surface area (Å²) in [7, 11) is 1.58. The van der Waals surface area contributed by atoms with Gasteiger partial charge in [0.05, 0.1) is 12.8 Å². The van der Waals surface area contributed by atoms with Gasteiger partial charge in [0.25, 0.3) is 0 Å². The second kappa shape index (κ2) is 6.74. The van der Waals surface area contributed by atoms with Crippen LogP contribution in [0.3, 0.4) is 0 Å². The molecule has 1 aliphatic heterocycles. The fourth-order valence-electron chi connectivity index (χ4n) is 2.66.